The van der Waals surface area contributed by atoms with Crippen LogP contribution in [0.15, 0.2) is 48.5 Å². The highest BCUT2D eigenvalue weighted by atomic mass is 32.2. The summed E-state index contributed by atoms with van der Waals surface area (Å²) < 4.78 is 8.41. The summed E-state index contributed by atoms with van der Waals surface area (Å²) in [6, 6.07) is 13.7. The van der Waals surface area contributed by atoms with Gasteiger partial charge in [-0.05, 0) is 49.2 Å². The number of hydrogen-bond donors (Lipinski definition) is 1. The topological polar surface area (TPSA) is 111 Å². The summed E-state index contributed by atoms with van der Waals surface area (Å²) in [7, 11) is 0. The molecule has 1 unspecified atom stereocenters. The third kappa shape index (κ3) is 7.18. The molecule has 2 rings (SSSR count). The zero-order valence-corrected chi connectivity index (χ0v) is 18.3. The van der Waals surface area contributed by atoms with Gasteiger partial charge in [-0.15, -0.1) is 10.1 Å². The summed E-state index contributed by atoms with van der Waals surface area (Å²) >= 11 is 1.47. The number of rotatable bonds is 12. The first-order valence-electron chi connectivity index (χ1n) is 9.51. The molecule has 1 atom stereocenters. The van der Waals surface area contributed by atoms with E-state index in [-0.39, 0.29) is 25.1 Å². The number of anilines is 1. The average molecular weight is 448 g/mol. The molecule has 0 radical (unpaired) electrons. The molecule has 2 aromatic rings. The molecule has 0 heterocycles. The number of nitrogens with one attached hydrogen (secondary N) is 1. The predicted octanol–water partition coefficient (Wildman–Crippen LogP) is 3.85. The maximum atomic E-state index is 13.1. The molecule has 0 bridgehead atoms. The van der Waals surface area contributed by atoms with Crippen LogP contribution in [0, 0.1) is 10.1 Å². The van der Waals surface area contributed by atoms with E-state index in [2.05, 4.69) is 9.56 Å². The van der Waals surface area contributed by atoms with Crippen LogP contribution < -0.4 is 4.72 Å². The summed E-state index contributed by atoms with van der Waals surface area (Å²) in [6.07, 6.45) is 1.29. The van der Waals surface area contributed by atoms with Crippen molar-refractivity contribution in [2.75, 3.05) is 17.5 Å². The lowest BCUT2D eigenvalue weighted by Crippen LogP contribution is -2.40. The fraction of sp³-hybridized carbons (Fsp3) is 0.333. The first-order chi connectivity index (χ1) is 14.8. The van der Waals surface area contributed by atoms with E-state index in [1.54, 1.807) is 29.2 Å². The first kappa shape index (κ1) is 24.0. The first-order valence-corrected chi connectivity index (χ1v) is 10.7. The maximum Gasteiger partial charge on any atom is 0.294 e. The fourth-order valence-corrected chi connectivity index (χ4v) is 3.29. The summed E-state index contributed by atoms with van der Waals surface area (Å²) in [5.41, 5.74) is 2.68. The fourth-order valence-electron chi connectivity index (χ4n) is 2.92. The second-order valence-electron chi connectivity index (χ2n) is 6.89. The van der Waals surface area contributed by atoms with Gasteiger partial charge in [-0.25, -0.2) is 0 Å². The van der Waals surface area contributed by atoms with Crippen LogP contribution >= 0.6 is 11.9 Å². The van der Waals surface area contributed by atoms with Crippen molar-refractivity contribution in [3.05, 3.63) is 75.3 Å². The maximum absolute atomic E-state index is 13.1. The lowest BCUT2D eigenvalue weighted by atomic mass is 10.1. The molecular weight excluding hydrogens is 422 g/mol. The number of carbonyl (C=O) groups excluding carboxylic acids is 2. The van der Waals surface area contributed by atoms with Crippen molar-refractivity contribution in [3.8, 4) is 0 Å². The molecule has 2 aromatic carbocycles. The van der Waals surface area contributed by atoms with Gasteiger partial charge in [-0.2, -0.15) is 0 Å². The van der Waals surface area contributed by atoms with E-state index in [4.69, 9.17) is 4.74 Å². The molecule has 31 heavy (non-hydrogen) atoms. The molecule has 0 aliphatic carbocycles. The Bertz CT molecular complexity index is 874. The summed E-state index contributed by atoms with van der Waals surface area (Å²) in [6.45, 7) is 4.12. The van der Waals surface area contributed by atoms with E-state index in [1.807, 2.05) is 44.4 Å². The van der Waals surface area contributed by atoms with Gasteiger partial charge in [0.2, 0.25) is 0 Å². The molecule has 0 spiro atoms. The highest BCUT2D eigenvalue weighted by Crippen LogP contribution is 2.23. The van der Waals surface area contributed by atoms with Crippen molar-refractivity contribution < 1.29 is 24.3 Å². The third-order valence-electron chi connectivity index (χ3n) is 4.51. The summed E-state index contributed by atoms with van der Waals surface area (Å²) in [4.78, 5) is 40.5. The van der Waals surface area contributed by atoms with Gasteiger partial charge in [-0.1, -0.05) is 36.2 Å². The van der Waals surface area contributed by atoms with Gasteiger partial charge < -0.3 is 19.2 Å². The van der Waals surface area contributed by atoms with Gasteiger partial charge in [0, 0.05) is 23.5 Å². The van der Waals surface area contributed by atoms with Crippen molar-refractivity contribution >= 4 is 30.0 Å². The van der Waals surface area contributed by atoms with E-state index >= 15 is 0 Å². The number of nitrogens with zero attached hydrogens (tertiary/aromatic N) is 2. The lowest BCUT2D eigenvalue weighted by molar-refractivity contribution is -0.763. The highest BCUT2D eigenvalue weighted by molar-refractivity contribution is 7.99. The minimum Gasteiger partial charge on any atom is -0.458 e. The Morgan fingerprint density at radius 1 is 1.19 bits per heavy atom. The summed E-state index contributed by atoms with van der Waals surface area (Å²) in [5, 5.41) is 9.45. The van der Waals surface area contributed by atoms with E-state index in [1.165, 1.54) is 11.9 Å². The SMILES string of the molecule is CSNc1ccc(C(CN(C(=O)c2ccc(CO[N+](=O)[O-])cc2)C(C)C)OC=O)cc1. The smallest absolute Gasteiger partial charge is 0.294 e. The number of ether oxygens (including phenoxy) is 1. The monoisotopic (exact) mass is 447 g/mol. The Labute approximate surface area is 184 Å². The lowest BCUT2D eigenvalue weighted by Gasteiger charge is -2.30. The molecule has 9 nitrogen and oxygen atoms in total. The molecule has 0 saturated carbocycles. The van der Waals surface area contributed by atoms with Crippen molar-refractivity contribution in [2.45, 2.75) is 32.6 Å². The molecule has 0 aliphatic rings. The van der Waals surface area contributed by atoms with E-state index in [0.717, 1.165) is 11.3 Å². The minimum absolute atomic E-state index is 0.153. The van der Waals surface area contributed by atoms with Gasteiger partial charge in [0.05, 0.1) is 6.54 Å². The zero-order chi connectivity index (χ0) is 22.8. The van der Waals surface area contributed by atoms with E-state index in [0.29, 0.717) is 17.6 Å². The standard InChI is InChI=1S/C21H25N3O6S/c1-15(2)23(21(26)18-6-4-16(5-7-18)13-30-24(27)28)12-20(29-14-25)17-8-10-19(11-9-17)22-31-3/h4-11,14-15,20,22H,12-13H2,1-3H3. The van der Waals surface area contributed by atoms with Crippen LogP contribution in [-0.2, 0) is 21.0 Å². The second kappa shape index (κ2) is 11.8. The number of amides is 1. The van der Waals surface area contributed by atoms with Crippen LogP contribution in [0.25, 0.3) is 0 Å². The molecule has 0 saturated heterocycles. The molecule has 1 amide bonds. The molecule has 0 aromatic heterocycles. The Kier molecular flexibility index (Phi) is 9.13. The van der Waals surface area contributed by atoms with Crippen LogP contribution in [0.5, 0.6) is 0 Å². The van der Waals surface area contributed by atoms with Crippen LogP contribution in [0.2, 0.25) is 0 Å². The molecule has 10 heteroatoms. The second-order valence-corrected chi connectivity index (χ2v) is 7.51. The van der Waals surface area contributed by atoms with Crippen LogP contribution in [-0.4, -0.2) is 41.2 Å². The van der Waals surface area contributed by atoms with Gasteiger partial charge in [0.25, 0.3) is 17.5 Å². The normalized spacial score (nSPS) is 11.5. The van der Waals surface area contributed by atoms with Gasteiger partial charge in [0.15, 0.2) is 0 Å². The van der Waals surface area contributed by atoms with Crippen LogP contribution in [0.4, 0.5) is 5.69 Å². The highest BCUT2D eigenvalue weighted by Gasteiger charge is 2.24. The quantitative estimate of drug-likeness (QED) is 0.226. The van der Waals surface area contributed by atoms with Crippen LogP contribution in [0.1, 0.15) is 41.4 Å². The number of carbonyl (C=O) groups is 2. The van der Waals surface area contributed by atoms with Crippen molar-refractivity contribution in [3.63, 3.8) is 0 Å². The Morgan fingerprint density at radius 2 is 1.84 bits per heavy atom. The van der Waals surface area contributed by atoms with Crippen molar-refractivity contribution in [1.29, 1.82) is 0 Å². The molecule has 0 aliphatic heterocycles. The Morgan fingerprint density at radius 3 is 2.35 bits per heavy atom. The third-order valence-corrected chi connectivity index (χ3v) is 4.95. The Balaban J connectivity index is 2.17. The minimum atomic E-state index is -0.865. The van der Waals surface area contributed by atoms with Gasteiger partial charge in [-0.3, -0.25) is 9.59 Å². The average Bonchev–Trinajstić information content (AvgIpc) is 2.75. The largest absolute Gasteiger partial charge is 0.458 e. The van der Waals surface area contributed by atoms with Crippen molar-refractivity contribution in [2.24, 2.45) is 0 Å². The molecule has 0 fully saturated rings. The predicted molar refractivity (Wildman–Crippen MR) is 118 cm³/mol. The molecule has 1 N–H and O–H groups in total. The van der Waals surface area contributed by atoms with Crippen molar-refractivity contribution in [1.82, 2.24) is 4.90 Å². The van der Waals surface area contributed by atoms with E-state index < -0.39 is 11.2 Å². The molecule has 166 valence electrons. The van der Waals surface area contributed by atoms with E-state index in [9.17, 15) is 19.7 Å². The zero-order valence-electron chi connectivity index (χ0n) is 17.5. The summed E-state index contributed by atoms with van der Waals surface area (Å²) in [5.74, 6) is -0.239. The van der Waals surface area contributed by atoms with Crippen LogP contribution in [0.3, 0.4) is 0 Å². The molecular formula is C21H25N3O6S. The number of hydrogen-bond acceptors (Lipinski definition) is 8. The Hall–Kier alpha value is -3.27. The number of benzene rings is 2. The van der Waals surface area contributed by atoms with Gasteiger partial charge >= 0.3 is 0 Å². The van der Waals surface area contributed by atoms with Gasteiger partial charge in [0.1, 0.15) is 12.7 Å².